The third-order valence-electron chi connectivity index (χ3n) is 3.26. The summed E-state index contributed by atoms with van der Waals surface area (Å²) in [6, 6.07) is 6.39. The SMILES string of the molecule is Cc1ccc(-c2c(Br)nc(CCO)n2C)cc1C. The summed E-state index contributed by atoms with van der Waals surface area (Å²) in [6.45, 7) is 4.33. The van der Waals surface area contributed by atoms with Crippen LogP contribution in [-0.4, -0.2) is 21.3 Å². The van der Waals surface area contributed by atoms with Crippen LogP contribution in [0.25, 0.3) is 11.3 Å². The molecule has 0 saturated carbocycles. The Labute approximate surface area is 116 Å². The average molecular weight is 309 g/mol. The molecule has 0 amide bonds. The fourth-order valence-electron chi connectivity index (χ4n) is 2.03. The minimum absolute atomic E-state index is 0.115. The van der Waals surface area contributed by atoms with E-state index in [1.165, 1.54) is 11.1 Å². The zero-order valence-corrected chi connectivity index (χ0v) is 12.5. The maximum Gasteiger partial charge on any atom is 0.132 e. The van der Waals surface area contributed by atoms with Crippen LogP contribution in [0.1, 0.15) is 17.0 Å². The van der Waals surface area contributed by atoms with Crippen molar-refractivity contribution in [2.45, 2.75) is 20.3 Å². The van der Waals surface area contributed by atoms with Gasteiger partial charge < -0.3 is 9.67 Å². The lowest BCUT2D eigenvalue weighted by Crippen LogP contribution is -2.02. The molecule has 18 heavy (non-hydrogen) atoms. The van der Waals surface area contributed by atoms with E-state index in [1.807, 2.05) is 11.6 Å². The van der Waals surface area contributed by atoms with Gasteiger partial charge in [-0.15, -0.1) is 0 Å². The van der Waals surface area contributed by atoms with Gasteiger partial charge in [-0.05, 0) is 47.0 Å². The van der Waals surface area contributed by atoms with Crippen LogP contribution in [0.3, 0.4) is 0 Å². The molecule has 0 bridgehead atoms. The molecule has 3 nitrogen and oxygen atoms in total. The zero-order chi connectivity index (χ0) is 13.3. The molecule has 1 heterocycles. The molecule has 0 aliphatic rings. The number of aliphatic hydroxyl groups is 1. The molecule has 1 aromatic carbocycles. The summed E-state index contributed by atoms with van der Waals surface area (Å²) in [5.41, 5.74) is 4.75. The number of aromatic nitrogens is 2. The molecule has 0 unspecified atom stereocenters. The lowest BCUT2D eigenvalue weighted by molar-refractivity contribution is 0.295. The first-order valence-corrected chi connectivity index (χ1v) is 6.73. The largest absolute Gasteiger partial charge is 0.396 e. The average Bonchev–Trinajstić information content (AvgIpc) is 2.59. The van der Waals surface area contributed by atoms with Crippen LogP contribution in [-0.2, 0) is 13.5 Å². The molecule has 96 valence electrons. The van der Waals surface area contributed by atoms with Crippen LogP contribution >= 0.6 is 15.9 Å². The highest BCUT2D eigenvalue weighted by atomic mass is 79.9. The molecule has 0 fully saturated rings. The van der Waals surface area contributed by atoms with Crippen LogP contribution < -0.4 is 0 Å². The first-order valence-electron chi connectivity index (χ1n) is 5.94. The number of hydrogen-bond donors (Lipinski definition) is 1. The fraction of sp³-hybridized carbons (Fsp3) is 0.357. The number of aliphatic hydroxyl groups excluding tert-OH is 1. The van der Waals surface area contributed by atoms with E-state index in [0.717, 1.165) is 21.7 Å². The Morgan fingerprint density at radius 2 is 2.00 bits per heavy atom. The Morgan fingerprint density at radius 1 is 1.28 bits per heavy atom. The van der Waals surface area contributed by atoms with Crippen LogP contribution in [0.2, 0.25) is 0 Å². The first kappa shape index (κ1) is 13.3. The van der Waals surface area contributed by atoms with Crippen molar-refractivity contribution in [3.8, 4) is 11.3 Å². The van der Waals surface area contributed by atoms with Crippen molar-refractivity contribution in [1.82, 2.24) is 9.55 Å². The van der Waals surface area contributed by atoms with Gasteiger partial charge in [-0.3, -0.25) is 0 Å². The fourth-order valence-corrected chi connectivity index (χ4v) is 2.73. The normalized spacial score (nSPS) is 10.9. The van der Waals surface area contributed by atoms with Gasteiger partial charge in [-0.25, -0.2) is 4.98 Å². The summed E-state index contributed by atoms with van der Waals surface area (Å²) >= 11 is 3.50. The molecule has 0 aliphatic heterocycles. The molecule has 2 rings (SSSR count). The Kier molecular flexibility index (Phi) is 3.88. The maximum absolute atomic E-state index is 9.03. The monoisotopic (exact) mass is 308 g/mol. The van der Waals surface area contributed by atoms with Crippen molar-refractivity contribution in [2.75, 3.05) is 6.61 Å². The van der Waals surface area contributed by atoms with Gasteiger partial charge in [0.25, 0.3) is 0 Å². The molecule has 1 aromatic heterocycles. The highest BCUT2D eigenvalue weighted by Crippen LogP contribution is 2.29. The van der Waals surface area contributed by atoms with E-state index in [2.05, 4.69) is 53.0 Å². The molecule has 0 aliphatic carbocycles. The maximum atomic E-state index is 9.03. The van der Waals surface area contributed by atoms with Gasteiger partial charge in [0.15, 0.2) is 0 Å². The number of aryl methyl sites for hydroxylation is 2. The third kappa shape index (κ3) is 2.35. The second kappa shape index (κ2) is 5.24. The lowest BCUT2D eigenvalue weighted by atomic mass is 10.0. The summed E-state index contributed by atoms with van der Waals surface area (Å²) in [7, 11) is 1.98. The third-order valence-corrected chi connectivity index (χ3v) is 3.81. The predicted molar refractivity (Wildman–Crippen MR) is 76.6 cm³/mol. The van der Waals surface area contributed by atoms with E-state index in [9.17, 15) is 0 Å². The highest BCUT2D eigenvalue weighted by molar-refractivity contribution is 9.10. The molecule has 0 atom stereocenters. The summed E-state index contributed by atoms with van der Waals surface area (Å²) < 4.78 is 2.86. The zero-order valence-electron chi connectivity index (χ0n) is 10.9. The Balaban J connectivity index is 2.53. The Morgan fingerprint density at radius 3 is 2.61 bits per heavy atom. The topological polar surface area (TPSA) is 38.1 Å². The van der Waals surface area contributed by atoms with Crippen molar-refractivity contribution in [1.29, 1.82) is 0 Å². The number of halogens is 1. The molecule has 4 heteroatoms. The van der Waals surface area contributed by atoms with E-state index in [4.69, 9.17) is 5.11 Å². The quantitative estimate of drug-likeness (QED) is 0.946. The standard InChI is InChI=1S/C14H17BrN2O/c1-9-4-5-11(8-10(9)2)13-14(15)16-12(6-7-18)17(13)3/h4-5,8,18H,6-7H2,1-3H3. The van der Waals surface area contributed by atoms with Crippen molar-refractivity contribution in [2.24, 2.45) is 7.05 Å². The van der Waals surface area contributed by atoms with Gasteiger partial charge in [0.05, 0.1) is 12.3 Å². The molecular weight excluding hydrogens is 292 g/mol. The summed E-state index contributed by atoms with van der Waals surface area (Å²) in [5.74, 6) is 0.887. The second-order valence-corrected chi connectivity index (χ2v) is 5.25. The van der Waals surface area contributed by atoms with E-state index in [-0.39, 0.29) is 6.61 Å². The number of hydrogen-bond acceptors (Lipinski definition) is 2. The predicted octanol–water partition coefficient (Wildman–Crippen LogP) is 3.00. The number of imidazole rings is 1. The second-order valence-electron chi connectivity index (χ2n) is 4.50. The highest BCUT2D eigenvalue weighted by Gasteiger charge is 2.14. The van der Waals surface area contributed by atoms with Gasteiger partial charge >= 0.3 is 0 Å². The van der Waals surface area contributed by atoms with Crippen LogP contribution in [0, 0.1) is 13.8 Å². The molecule has 0 saturated heterocycles. The van der Waals surface area contributed by atoms with Crippen LogP contribution in [0.15, 0.2) is 22.8 Å². The molecule has 0 spiro atoms. The van der Waals surface area contributed by atoms with Crippen molar-refractivity contribution in [3.05, 3.63) is 39.8 Å². The summed E-state index contributed by atoms with van der Waals surface area (Å²) in [6.07, 6.45) is 0.569. The minimum atomic E-state index is 0.115. The number of rotatable bonds is 3. The van der Waals surface area contributed by atoms with Crippen LogP contribution in [0.5, 0.6) is 0 Å². The summed E-state index contributed by atoms with van der Waals surface area (Å²) in [5, 5.41) is 9.03. The van der Waals surface area contributed by atoms with Crippen molar-refractivity contribution in [3.63, 3.8) is 0 Å². The van der Waals surface area contributed by atoms with Crippen molar-refractivity contribution >= 4 is 15.9 Å². The van der Waals surface area contributed by atoms with E-state index >= 15 is 0 Å². The first-order chi connectivity index (χ1) is 8.54. The van der Waals surface area contributed by atoms with Gasteiger partial charge in [-0.2, -0.15) is 0 Å². The number of nitrogens with zero attached hydrogens (tertiary/aromatic N) is 2. The Hall–Kier alpha value is -1.13. The van der Waals surface area contributed by atoms with Gasteiger partial charge in [-0.1, -0.05) is 12.1 Å². The molecular formula is C14H17BrN2O. The van der Waals surface area contributed by atoms with E-state index < -0.39 is 0 Å². The van der Waals surface area contributed by atoms with Crippen LogP contribution in [0.4, 0.5) is 0 Å². The molecule has 1 N–H and O–H groups in total. The van der Waals surface area contributed by atoms with E-state index in [1.54, 1.807) is 0 Å². The summed E-state index contributed by atoms with van der Waals surface area (Å²) in [4.78, 5) is 4.45. The molecule has 2 aromatic rings. The minimum Gasteiger partial charge on any atom is -0.396 e. The lowest BCUT2D eigenvalue weighted by Gasteiger charge is -2.08. The van der Waals surface area contributed by atoms with Crippen molar-refractivity contribution < 1.29 is 5.11 Å². The van der Waals surface area contributed by atoms with Gasteiger partial charge in [0, 0.05) is 19.0 Å². The Bertz CT molecular complexity index is 575. The smallest absolute Gasteiger partial charge is 0.132 e. The van der Waals surface area contributed by atoms with Gasteiger partial charge in [0.2, 0.25) is 0 Å². The van der Waals surface area contributed by atoms with E-state index in [0.29, 0.717) is 6.42 Å². The van der Waals surface area contributed by atoms with Gasteiger partial charge in [0.1, 0.15) is 10.4 Å². The number of benzene rings is 1. The molecule has 0 radical (unpaired) electrons.